The molecular weight excluding hydrogens is 401 g/mol. The SMILES string of the molecule is CNC(=S)NCC1CN(c2cc(Cl)c(-c3nc(C)no3)c(Cl)c2)C(=O)O1. The van der Waals surface area contributed by atoms with Gasteiger partial charge in [-0.1, -0.05) is 28.4 Å². The number of benzene rings is 1. The van der Waals surface area contributed by atoms with Crippen molar-refractivity contribution < 1.29 is 14.1 Å². The summed E-state index contributed by atoms with van der Waals surface area (Å²) in [4.78, 5) is 17.8. The number of aromatic nitrogens is 2. The number of rotatable bonds is 4. The first-order valence-corrected chi connectivity index (χ1v) is 8.79. The van der Waals surface area contributed by atoms with E-state index >= 15 is 0 Å². The molecule has 0 bridgehead atoms. The molecule has 26 heavy (non-hydrogen) atoms. The number of thiocarbonyl (C=S) groups is 1. The molecule has 2 heterocycles. The van der Waals surface area contributed by atoms with E-state index in [0.29, 0.717) is 45.3 Å². The molecule has 11 heteroatoms. The molecule has 2 aromatic rings. The van der Waals surface area contributed by atoms with Gasteiger partial charge in [-0.05, 0) is 31.3 Å². The molecule has 3 rings (SSSR count). The van der Waals surface area contributed by atoms with Gasteiger partial charge >= 0.3 is 6.09 Å². The van der Waals surface area contributed by atoms with Crippen molar-refractivity contribution in [1.82, 2.24) is 20.8 Å². The maximum absolute atomic E-state index is 12.2. The Morgan fingerprint density at radius 1 is 1.42 bits per heavy atom. The summed E-state index contributed by atoms with van der Waals surface area (Å²) in [5, 5.41) is 10.5. The first-order valence-electron chi connectivity index (χ1n) is 7.62. The molecule has 1 saturated heterocycles. The van der Waals surface area contributed by atoms with Crippen LogP contribution in [0.15, 0.2) is 16.7 Å². The molecule has 1 aliphatic heterocycles. The molecule has 1 aromatic heterocycles. The Kier molecular flexibility index (Phi) is 5.49. The molecule has 1 fully saturated rings. The first-order chi connectivity index (χ1) is 12.4. The van der Waals surface area contributed by atoms with Gasteiger partial charge in [0.15, 0.2) is 10.9 Å². The lowest BCUT2D eigenvalue weighted by Gasteiger charge is -2.15. The van der Waals surface area contributed by atoms with Crippen molar-refractivity contribution in [1.29, 1.82) is 0 Å². The molecule has 8 nitrogen and oxygen atoms in total. The Balaban J connectivity index is 1.79. The first kappa shape index (κ1) is 18.7. The highest BCUT2D eigenvalue weighted by molar-refractivity contribution is 7.80. The summed E-state index contributed by atoms with van der Waals surface area (Å²) in [6, 6.07) is 3.22. The van der Waals surface area contributed by atoms with Crippen LogP contribution in [0.1, 0.15) is 5.82 Å². The minimum atomic E-state index is -0.485. The molecule has 0 radical (unpaired) electrons. The molecule has 0 aliphatic carbocycles. The summed E-state index contributed by atoms with van der Waals surface area (Å²) in [5.41, 5.74) is 0.937. The number of ether oxygens (including phenoxy) is 1. The maximum Gasteiger partial charge on any atom is 0.414 e. The van der Waals surface area contributed by atoms with E-state index < -0.39 is 6.09 Å². The number of carbonyl (C=O) groups excluding carboxylic acids is 1. The van der Waals surface area contributed by atoms with Gasteiger partial charge in [-0.25, -0.2) is 4.79 Å². The molecule has 0 saturated carbocycles. The zero-order valence-electron chi connectivity index (χ0n) is 13.9. The van der Waals surface area contributed by atoms with Crippen molar-refractivity contribution in [2.45, 2.75) is 13.0 Å². The van der Waals surface area contributed by atoms with Crippen molar-refractivity contribution in [2.75, 3.05) is 25.0 Å². The standard InChI is InChI=1S/C15H15Cl2N5O3S/c1-7-20-13(25-21-7)12-10(16)3-8(4-11(12)17)22-6-9(24-15(22)23)5-19-14(26)18-2/h3-4,9H,5-6H2,1-2H3,(H2,18,19,26). The van der Waals surface area contributed by atoms with Crippen LogP contribution in [0.4, 0.5) is 10.5 Å². The number of nitrogens with zero attached hydrogens (tertiary/aromatic N) is 3. The average Bonchev–Trinajstić information content (AvgIpc) is 3.17. The fourth-order valence-corrected chi connectivity index (χ4v) is 3.17. The minimum absolute atomic E-state index is 0.218. The van der Waals surface area contributed by atoms with Crippen LogP contribution in [0.3, 0.4) is 0 Å². The highest BCUT2D eigenvalue weighted by Gasteiger charge is 2.33. The van der Waals surface area contributed by atoms with Gasteiger partial charge in [0.1, 0.15) is 6.10 Å². The van der Waals surface area contributed by atoms with Crippen molar-refractivity contribution >= 4 is 52.3 Å². The zero-order valence-corrected chi connectivity index (χ0v) is 16.2. The molecule has 1 unspecified atom stereocenters. The summed E-state index contributed by atoms with van der Waals surface area (Å²) in [6.45, 7) is 2.42. The number of halogens is 2. The second-order valence-corrected chi connectivity index (χ2v) is 6.73. The van der Waals surface area contributed by atoms with Crippen LogP contribution in [0.5, 0.6) is 0 Å². The number of cyclic esters (lactones) is 1. The molecule has 1 atom stereocenters. The number of hydrogen-bond donors (Lipinski definition) is 2. The van der Waals surface area contributed by atoms with Crippen molar-refractivity contribution in [3.63, 3.8) is 0 Å². The number of amides is 1. The van der Waals surface area contributed by atoms with Gasteiger partial charge in [-0.15, -0.1) is 0 Å². The fraction of sp³-hybridized carbons (Fsp3) is 0.333. The number of carbonyl (C=O) groups is 1. The van der Waals surface area contributed by atoms with Gasteiger partial charge in [0, 0.05) is 7.05 Å². The van der Waals surface area contributed by atoms with Crippen LogP contribution in [-0.2, 0) is 4.74 Å². The topological polar surface area (TPSA) is 92.5 Å². The summed E-state index contributed by atoms with van der Waals surface area (Å²) in [7, 11) is 1.71. The third-order valence-electron chi connectivity index (χ3n) is 3.67. The number of nitrogens with one attached hydrogen (secondary N) is 2. The minimum Gasteiger partial charge on any atom is -0.442 e. The van der Waals surface area contributed by atoms with Gasteiger partial charge in [0.05, 0.1) is 34.4 Å². The third-order valence-corrected chi connectivity index (χ3v) is 4.62. The van der Waals surface area contributed by atoms with Crippen LogP contribution >= 0.6 is 35.4 Å². The smallest absolute Gasteiger partial charge is 0.414 e. The Labute approximate surface area is 164 Å². The molecule has 1 amide bonds. The second kappa shape index (κ2) is 7.65. The third kappa shape index (κ3) is 3.84. The lowest BCUT2D eigenvalue weighted by Crippen LogP contribution is -2.39. The van der Waals surface area contributed by atoms with Crippen LogP contribution in [0, 0.1) is 6.92 Å². The Morgan fingerprint density at radius 2 is 2.12 bits per heavy atom. The monoisotopic (exact) mass is 415 g/mol. The Morgan fingerprint density at radius 3 is 2.69 bits per heavy atom. The summed E-state index contributed by atoms with van der Waals surface area (Å²) in [6.07, 6.45) is -0.842. The molecule has 0 spiro atoms. The van der Waals surface area contributed by atoms with E-state index in [0.717, 1.165) is 0 Å². The van der Waals surface area contributed by atoms with E-state index in [1.54, 1.807) is 26.1 Å². The Hall–Kier alpha value is -2.10. The van der Waals surface area contributed by atoms with Gasteiger partial charge in [-0.2, -0.15) is 4.98 Å². The Bertz CT molecular complexity index is 837. The molecule has 138 valence electrons. The number of aryl methyl sites for hydroxylation is 1. The maximum atomic E-state index is 12.2. The molecule has 1 aromatic carbocycles. The van der Waals surface area contributed by atoms with E-state index in [4.69, 9.17) is 44.7 Å². The van der Waals surface area contributed by atoms with E-state index in [1.807, 2.05) is 0 Å². The van der Waals surface area contributed by atoms with Crippen molar-refractivity contribution in [3.05, 3.63) is 28.0 Å². The largest absolute Gasteiger partial charge is 0.442 e. The van der Waals surface area contributed by atoms with Gasteiger partial charge in [0.2, 0.25) is 0 Å². The number of anilines is 1. The average molecular weight is 416 g/mol. The quantitative estimate of drug-likeness (QED) is 0.736. The summed E-state index contributed by atoms with van der Waals surface area (Å²) < 4.78 is 10.5. The van der Waals surface area contributed by atoms with Gasteiger partial charge in [-0.3, -0.25) is 4.90 Å². The van der Waals surface area contributed by atoms with E-state index in [2.05, 4.69) is 20.8 Å². The lowest BCUT2D eigenvalue weighted by atomic mass is 10.2. The predicted octanol–water partition coefficient (Wildman–Crippen LogP) is 2.77. The highest BCUT2D eigenvalue weighted by atomic mass is 35.5. The lowest BCUT2D eigenvalue weighted by molar-refractivity contribution is 0.143. The van der Waals surface area contributed by atoms with E-state index in [1.165, 1.54) is 4.90 Å². The number of hydrogen-bond acceptors (Lipinski definition) is 6. The fourth-order valence-electron chi connectivity index (χ4n) is 2.45. The van der Waals surface area contributed by atoms with E-state index in [-0.39, 0.29) is 12.0 Å². The van der Waals surface area contributed by atoms with Gasteiger partial charge in [0.25, 0.3) is 5.89 Å². The summed E-state index contributed by atoms with van der Waals surface area (Å²) in [5.74, 6) is 0.685. The van der Waals surface area contributed by atoms with Crippen LogP contribution in [0.2, 0.25) is 10.0 Å². The normalized spacial score (nSPS) is 16.5. The second-order valence-electron chi connectivity index (χ2n) is 5.51. The van der Waals surface area contributed by atoms with Crippen LogP contribution in [0.25, 0.3) is 11.5 Å². The van der Waals surface area contributed by atoms with Crippen molar-refractivity contribution in [2.24, 2.45) is 0 Å². The zero-order chi connectivity index (χ0) is 18.8. The van der Waals surface area contributed by atoms with Gasteiger partial charge < -0.3 is 19.9 Å². The molecule has 2 N–H and O–H groups in total. The van der Waals surface area contributed by atoms with Crippen molar-refractivity contribution in [3.8, 4) is 11.5 Å². The van der Waals surface area contributed by atoms with Crippen LogP contribution < -0.4 is 15.5 Å². The molecule has 1 aliphatic rings. The van der Waals surface area contributed by atoms with E-state index in [9.17, 15) is 4.79 Å². The predicted molar refractivity (Wildman–Crippen MR) is 102 cm³/mol. The molecular formula is C15H15Cl2N5O3S. The van der Waals surface area contributed by atoms with Crippen LogP contribution in [-0.4, -0.2) is 47.6 Å². The highest BCUT2D eigenvalue weighted by Crippen LogP contribution is 2.38. The summed E-state index contributed by atoms with van der Waals surface area (Å²) >= 11 is 17.7.